The number of aryl methyl sites for hydroxylation is 1. The van der Waals surface area contributed by atoms with Crippen LogP contribution in [0.3, 0.4) is 0 Å². The highest BCUT2D eigenvalue weighted by molar-refractivity contribution is 5.98. The highest BCUT2D eigenvalue weighted by Gasteiger charge is 2.34. The average molecular weight is 415 g/mol. The van der Waals surface area contributed by atoms with Crippen LogP contribution in [0.1, 0.15) is 61.5 Å². The van der Waals surface area contributed by atoms with Crippen LogP contribution < -0.4 is 16.0 Å². The SMILES string of the molecule is CC1CCc2cc(CC(C)(C)C=O)c(N(C)CCN)cc2C(=O)N1[C@@H]1CCCNC1. The lowest BCUT2D eigenvalue weighted by Gasteiger charge is -2.38. The molecule has 3 N–H and O–H groups in total. The second-order valence-electron chi connectivity index (χ2n) is 9.73. The standard InChI is InChI=1S/C24H38N4O2/c1-17-7-8-18-12-19(14-24(2,3)16-29)22(27(4)11-9-25)13-21(18)23(30)28(17)20-6-5-10-26-15-20/h12-13,16-17,20,26H,5-11,14-15,25H2,1-4H3/t17?,20-/m1/s1. The van der Waals surface area contributed by atoms with Crippen LogP contribution in [0.2, 0.25) is 0 Å². The second kappa shape index (κ2) is 9.48. The molecule has 3 rings (SSSR count). The summed E-state index contributed by atoms with van der Waals surface area (Å²) in [6, 6.07) is 4.71. The molecule has 0 bridgehead atoms. The fraction of sp³-hybridized carbons (Fsp3) is 0.667. The van der Waals surface area contributed by atoms with Crippen LogP contribution >= 0.6 is 0 Å². The summed E-state index contributed by atoms with van der Waals surface area (Å²) in [4.78, 5) is 29.6. The summed E-state index contributed by atoms with van der Waals surface area (Å²) in [5.74, 6) is 0.146. The van der Waals surface area contributed by atoms with Crippen LogP contribution in [0.15, 0.2) is 12.1 Å². The number of carbonyl (C=O) groups is 2. The third-order valence-electron chi connectivity index (χ3n) is 6.58. The van der Waals surface area contributed by atoms with E-state index in [1.807, 2.05) is 20.9 Å². The largest absolute Gasteiger partial charge is 0.373 e. The predicted octanol–water partition coefficient (Wildman–Crippen LogP) is 2.38. The minimum absolute atomic E-state index is 0.146. The van der Waals surface area contributed by atoms with Crippen molar-refractivity contribution in [2.24, 2.45) is 11.1 Å². The summed E-state index contributed by atoms with van der Waals surface area (Å²) in [5.41, 5.74) is 9.43. The van der Waals surface area contributed by atoms with Crippen LogP contribution in [0, 0.1) is 5.41 Å². The third kappa shape index (κ3) is 4.86. The van der Waals surface area contributed by atoms with Gasteiger partial charge in [0.2, 0.25) is 0 Å². The van der Waals surface area contributed by atoms with Crippen molar-refractivity contribution < 1.29 is 9.59 Å². The monoisotopic (exact) mass is 414 g/mol. The first-order valence-corrected chi connectivity index (χ1v) is 11.3. The molecule has 2 aliphatic rings. The van der Waals surface area contributed by atoms with E-state index in [1.54, 1.807) is 0 Å². The quantitative estimate of drug-likeness (QED) is 0.670. The molecule has 0 aromatic heterocycles. The summed E-state index contributed by atoms with van der Waals surface area (Å²) in [7, 11) is 2.01. The van der Waals surface area contributed by atoms with Crippen molar-refractivity contribution in [2.75, 3.05) is 38.1 Å². The van der Waals surface area contributed by atoms with Crippen LogP contribution in [0.5, 0.6) is 0 Å². The molecule has 0 radical (unpaired) electrons. The lowest BCUT2D eigenvalue weighted by molar-refractivity contribution is -0.114. The number of fused-ring (bicyclic) bond motifs is 1. The van der Waals surface area contributed by atoms with Crippen molar-refractivity contribution in [3.8, 4) is 0 Å². The summed E-state index contributed by atoms with van der Waals surface area (Å²) in [5, 5.41) is 3.46. The van der Waals surface area contributed by atoms with Crippen LogP contribution in [0.25, 0.3) is 0 Å². The van der Waals surface area contributed by atoms with E-state index < -0.39 is 5.41 Å². The molecule has 30 heavy (non-hydrogen) atoms. The van der Waals surface area contributed by atoms with Crippen LogP contribution in [-0.4, -0.2) is 62.4 Å². The third-order valence-corrected chi connectivity index (χ3v) is 6.58. The van der Waals surface area contributed by atoms with E-state index in [-0.39, 0.29) is 18.0 Å². The molecule has 0 spiro atoms. The van der Waals surface area contributed by atoms with Gasteiger partial charge in [-0.05, 0) is 62.8 Å². The van der Waals surface area contributed by atoms with Gasteiger partial charge >= 0.3 is 0 Å². The lowest BCUT2D eigenvalue weighted by atomic mass is 9.85. The van der Waals surface area contributed by atoms with Gasteiger partial charge in [0.25, 0.3) is 5.91 Å². The van der Waals surface area contributed by atoms with Gasteiger partial charge in [0.1, 0.15) is 6.29 Å². The lowest BCUT2D eigenvalue weighted by Crippen LogP contribution is -2.51. The number of anilines is 1. The number of benzene rings is 1. The molecule has 166 valence electrons. The Kier molecular flexibility index (Phi) is 7.19. The summed E-state index contributed by atoms with van der Waals surface area (Å²) >= 11 is 0. The van der Waals surface area contributed by atoms with E-state index in [1.165, 1.54) is 0 Å². The Bertz CT molecular complexity index is 771. The Balaban J connectivity index is 2.04. The van der Waals surface area contributed by atoms with Crippen LogP contribution in [0.4, 0.5) is 5.69 Å². The zero-order valence-corrected chi connectivity index (χ0v) is 19.0. The van der Waals surface area contributed by atoms with Crippen molar-refractivity contribution in [1.29, 1.82) is 0 Å². The van der Waals surface area contributed by atoms with E-state index in [0.29, 0.717) is 19.5 Å². The predicted molar refractivity (Wildman–Crippen MR) is 122 cm³/mol. The van der Waals surface area contributed by atoms with Crippen molar-refractivity contribution in [3.05, 3.63) is 28.8 Å². The van der Waals surface area contributed by atoms with E-state index in [2.05, 4.69) is 34.2 Å². The molecule has 1 unspecified atom stereocenters. The maximum atomic E-state index is 13.7. The first-order chi connectivity index (χ1) is 14.3. The molecule has 6 heteroatoms. The van der Waals surface area contributed by atoms with Gasteiger partial charge in [-0.25, -0.2) is 0 Å². The Morgan fingerprint density at radius 2 is 2.10 bits per heavy atom. The first-order valence-electron chi connectivity index (χ1n) is 11.3. The summed E-state index contributed by atoms with van der Waals surface area (Å²) < 4.78 is 0. The molecule has 2 heterocycles. The fourth-order valence-electron chi connectivity index (χ4n) is 4.87. The topological polar surface area (TPSA) is 78.7 Å². The van der Waals surface area contributed by atoms with Gasteiger partial charge in [-0.15, -0.1) is 0 Å². The highest BCUT2D eigenvalue weighted by Crippen LogP contribution is 2.34. The Labute approximate surface area is 181 Å². The van der Waals surface area contributed by atoms with E-state index >= 15 is 0 Å². The average Bonchev–Trinajstić information content (AvgIpc) is 2.84. The summed E-state index contributed by atoms with van der Waals surface area (Å²) in [6.45, 7) is 9.25. The van der Waals surface area contributed by atoms with E-state index in [4.69, 9.17) is 5.73 Å². The molecule has 0 aliphatic carbocycles. The molecule has 6 nitrogen and oxygen atoms in total. The minimum Gasteiger partial charge on any atom is -0.373 e. The van der Waals surface area contributed by atoms with Crippen molar-refractivity contribution in [3.63, 3.8) is 0 Å². The Morgan fingerprint density at radius 3 is 2.73 bits per heavy atom. The van der Waals surface area contributed by atoms with E-state index in [9.17, 15) is 9.59 Å². The fourth-order valence-corrected chi connectivity index (χ4v) is 4.87. The molecule has 1 saturated heterocycles. The molecule has 0 saturated carbocycles. The number of hydrogen-bond acceptors (Lipinski definition) is 5. The molecule has 2 aliphatic heterocycles. The second-order valence-corrected chi connectivity index (χ2v) is 9.73. The van der Waals surface area contributed by atoms with Gasteiger partial charge in [0, 0.05) is 55.4 Å². The maximum Gasteiger partial charge on any atom is 0.254 e. The molecule has 1 fully saturated rings. The number of likely N-dealkylation sites (N-methyl/N-ethyl adjacent to an activating group) is 1. The molecule has 2 atom stereocenters. The molecule has 1 aromatic carbocycles. The van der Waals surface area contributed by atoms with Crippen molar-refractivity contribution in [2.45, 2.75) is 65.0 Å². The Morgan fingerprint density at radius 1 is 1.33 bits per heavy atom. The number of nitrogens with one attached hydrogen (secondary N) is 1. The molecule has 1 amide bonds. The number of hydrogen-bond donors (Lipinski definition) is 2. The van der Waals surface area contributed by atoms with Gasteiger partial charge in [-0.1, -0.05) is 19.9 Å². The molecule has 1 aromatic rings. The minimum atomic E-state index is -0.450. The van der Waals surface area contributed by atoms with E-state index in [0.717, 1.165) is 67.4 Å². The number of amides is 1. The number of piperidine rings is 1. The smallest absolute Gasteiger partial charge is 0.254 e. The van der Waals surface area contributed by atoms with Gasteiger partial charge < -0.3 is 25.6 Å². The van der Waals surface area contributed by atoms with Gasteiger partial charge in [0.05, 0.1) is 0 Å². The highest BCUT2D eigenvalue weighted by atomic mass is 16.2. The molecular weight excluding hydrogens is 376 g/mol. The Hall–Kier alpha value is -1.92. The number of carbonyl (C=O) groups excluding carboxylic acids is 2. The number of nitrogens with zero attached hydrogens (tertiary/aromatic N) is 2. The first kappa shape index (κ1) is 22.8. The van der Waals surface area contributed by atoms with Crippen molar-refractivity contribution >= 4 is 17.9 Å². The van der Waals surface area contributed by atoms with Gasteiger partial charge in [-0.2, -0.15) is 0 Å². The zero-order chi connectivity index (χ0) is 21.9. The van der Waals surface area contributed by atoms with Crippen LogP contribution in [-0.2, 0) is 17.6 Å². The van der Waals surface area contributed by atoms with Crippen molar-refractivity contribution in [1.82, 2.24) is 10.2 Å². The molecular formula is C24H38N4O2. The number of nitrogens with two attached hydrogens (primary N) is 1. The zero-order valence-electron chi connectivity index (χ0n) is 19.0. The number of rotatable bonds is 7. The van der Waals surface area contributed by atoms with Gasteiger partial charge in [-0.3, -0.25) is 4.79 Å². The number of aldehydes is 1. The summed E-state index contributed by atoms with van der Waals surface area (Å²) in [6.07, 6.45) is 5.69. The maximum absolute atomic E-state index is 13.7. The van der Waals surface area contributed by atoms with Gasteiger partial charge in [0.15, 0.2) is 0 Å². The normalized spacial score (nSPS) is 22.4.